The molecule has 1 saturated carbocycles. The highest BCUT2D eigenvalue weighted by atomic mass is 16.4. The fourth-order valence-corrected chi connectivity index (χ4v) is 1.94. The van der Waals surface area contributed by atoms with E-state index >= 15 is 0 Å². The summed E-state index contributed by atoms with van der Waals surface area (Å²) in [6.45, 7) is 5.54. The van der Waals surface area contributed by atoms with Gasteiger partial charge in [-0.2, -0.15) is 0 Å². The molecule has 0 radical (unpaired) electrons. The molecular formula is C15H19NO3. The quantitative estimate of drug-likeness (QED) is 0.879. The second kappa shape index (κ2) is 4.37. The fraction of sp³-hybridized carbons (Fsp3) is 0.467. The molecule has 1 aromatic carbocycles. The topological polar surface area (TPSA) is 66.4 Å². The predicted molar refractivity (Wildman–Crippen MR) is 73.1 cm³/mol. The lowest BCUT2D eigenvalue weighted by molar-refractivity contribution is -0.140. The van der Waals surface area contributed by atoms with Gasteiger partial charge in [0.1, 0.15) is 0 Å². The van der Waals surface area contributed by atoms with Crippen LogP contribution in [-0.4, -0.2) is 17.0 Å². The smallest absolute Gasteiger partial charge is 0.314 e. The first-order chi connectivity index (χ1) is 8.75. The summed E-state index contributed by atoms with van der Waals surface area (Å²) >= 11 is 0. The van der Waals surface area contributed by atoms with Crippen LogP contribution in [0.25, 0.3) is 0 Å². The number of amides is 1. The number of hydrogen-bond acceptors (Lipinski definition) is 2. The number of aliphatic carboxylic acids is 1. The summed E-state index contributed by atoms with van der Waals surface area (Å²) in [7, 11) is 0. The first-order valence-corrected chi connectivity index (χ1v) is 6.41. The van der Waals surface area contributed by atoms with Crippen molar-refractivity contribution < 1.29 is 14.7 Å². The van der Waals surface area contributed by atoms with Gasteiger partial charge >= 0.3 is 5.97 Å². The van der Waals surface area contributed by atoms with Crippen molar-refractivity contribution >= 4 is 17.6 Å². The van der Waals surface area contributed by atoms with Crippen LogP contribution >= 0.6 is 0 Å². The number of rotatable bonds is 3. The van der Waals surface area contributed by atoms with E-state index in [1.807, 2.05) is 20.8 Å². The van der Waals surface area contributed by atoms with Crippen LogP contribution in [0.2, 0.25) is 0 Å². The van der Waals surface area contributed by atoms with Gasteiger partial charge in [0, 0.05) is 11.1 Å². The molecule has 2 rings (SSSR count). The second-order valence-corrected chi connectivity index (χ2v) is 6.17. The number of anilines is 1. The van der Waals surface area contributed by atoms with Crippen LogP contribution in [0.5, 0.6) is 0 Å². The van der Waals surface area contributed by atoms with E-state index in [1.54, 1.807) is 24.3 Å². The van der Waals surface area contributed by atoms with Gasteiger partial charge in [0.05, 0.1) is 5.41 Å². The van der Waals surface area contributed by atoms with Gasteiger partial charge in [0.15, 0.2) is 0 Å². The van der Waals surface area contributed by atoms with E-state index < -0.39 is 16.8 Å². The molecule has 2 N–H and O–H groups in total. The summed E-state index contributed by atoms with van der Waals surface area (Å²) in [5.41, 5.74) is 0.378. The van der Waals surface area contributed by atoms with E-state index in [2.05, 4.69) is 5.32 Å². The minimum atomic E-state index is -0.765. The van der Waals surface area contributed by atoms with E-state index in [0.717, 1.165) is 5.56 Å². The predicted octanol–water partition coefficient (Wildman–Crippen LogP) is 2.79. The van der Waals surface area contributed by atoms with Crippen molar-refractivity contribution in [2.45, 2.75) is 39.0 Å². The maximum Gasteiger partial charge on any atom is 0.314 e. The molecular weight excluding hydrogens is 242 g/mol. The highest BCUT2D eigenvalue weighted by Crippen LogP contribution is 2.48. The summed E-state index contributed by atoms with van der Waals surface area (Å²) < 4.78 is 0. The second-order valence-electron chi connectivity index (χ2n) is 6.17. The van der Waals surface area contributed by atoms with Crippen molar-refractivity contribution in [3.63, 3.8) is 0 Å². The number of carbonyl (C=O) groups excluding carboxylic acids is 1. The van der Waals surface area contributed by atoms with Gasteiger partial charge in [-0.05, 0) is 30.5 Å². The number of carboxylic acid groups (broad SMARTS) is 1. The van der Waals surface area contributed by atoms with Crippen LogP contribution in [0.1, 0.15) is 39.2 Å². The lowest BCUT2D eigenvalue weighted by Crippen LogP contribution is -2.27. The van der Waals surface area contributed by atoms with E-state index in [-0.39, 0.29) is 5.91 Å². The zero-order valence-corrected chi connectivity index (χ0v) is 11.5. The molecule has 1 aliphatic rings. The normalized spacial score (nSPS) is 16.8. The molecule has 0 heterocycles. The van der Waals surface area contributed by atoms with Gasteiger partial charge in [-0.1, -0.05) is 32.9 Å². The molecule has 1 aliphatic carbocycles. The van der Waals surface area contributed by atoms with Gasteiger partial charge in [-0.15, -0.1) is 0 Å². The summed E-state index contributed by atoms with van der Waals surface area (Å²) in [5, 5.41) is 12.0. The Morgan fingerprint density at radius 2 is 1.68 bits per heavy atom. The number of carboxylic acids is 1. The minimum Gasteiger partial charge on any atom is -0.481 e. The van der Waals surface area contributed by atoms with Crippen molar-refractivity contribution in [3.8, 4) is 0 Å². The van der Waals surface area contributed by atoms with Crippen molar-refractivity contribution in [2.24, 2.45) is 5.41 Å². The molecule has 0 unspecified atom stereocenters. The average Bonchev–Trinajstić information content (AvgIpc) is 3.10. The van der Waals surface area contributed by atoms with Crippen LogP contribution in [0, 0.1) is 5.41 Å². The lowest BCUT2D eigenvalue weighted by atomic mass is 9.94. The van der Waals surface area contributed by atoms with E-state index in [0.29, 0.717) is 18.5 Å². The molecule has 102 valence electrons. The van der Waals surface area contributed by atoms with Gasteiger partial charge < -0.3 is 10.4 Å². The monoisotopic (exact) mass is 261 g/mol. The molecule has 1 aromatic rings. The third-order valence-electron chi connectivity index (χ3n) is 3.54. The summed E-state index contributed by atoms with van der Waals surface area (Å²) in [6.07, 6.45) is 1.38. The molecule has 0 spiro atoms. The Balaban J connectivity index is 2.12. The first-order valence-electron chi connectivity index (χ1n) is 6.41. The Labute approximate surface area is 112 Å². The molecule has 19 heavy (non-hydrogen) atoms. The number of nitrogens with one attached hydrogen (secondary N) is 1. The van der Waals surface area contributed by atoms with Gasteiger partial charge in [0.2, 0.25) is 5.91 Å². The Kier molecular flexibility index (Phi) is 3.12. The average molecular weight is 261 g/mol. The number of carbonyl (C=O) groups is 2. The Bertz CT molecular complexity index is 507. The Morgan fingerprint density at radius 1 is 1.16 bits per heavy atom. The third-order valence-corrected chi connectivity index (χ3v) is 3.54. The third kappa shape index (κ3) is 2.62. The summed E-state index contributed by atoms with van der Waals surface area (Å²) in [6, 6.07) is 7.11. The maximum absolute atomic E-state index is 11.8. The zero-order valence-electron chi connectivity index (χ0n) is 11.5. The molecule has 4 nitrogen and oxygen atoms in total. The maximum atomic E-state index is 11.8. The van der Waals surface area contributed by atoms with Crippen molar-refractivity contribution in [1.82, 2.24) is 0 Å². The largest absolute Gasteiger partial charge is 0.481 e. The Hall–Kier alpha value is -1.84. The zero-order chi connectivity index (χ0) is 14.3. The minimum absolute atomic E-state index is 0.0559. The molecule has 1 amide bonds. The van der Waals surface area contributed by atoms with Crippen LogP contribution < -0.4 is 5.32 Å². The van der Waals surface area contributed by atoms with Gasteiger partial charge in [0.25, 0.3) is 0 Å². The summed E-state index contributed by atoms with van der Waals surface area (Å²) in [5.74, 6) is -0.821. The van der Waals surface area contributed by atoms with Crippen LogP contribution in [0.3, 0.4) is 0 Å². The van der Waals surface area contributed by atoms with Crippen LogP contribution in [0.4, 0.5) is 5.69 Å². The molecule has 0 saturated heterocycles. The van der Waals surface area contributed by atoms with Crippen LogP contribution in [0.15, 0.2) is 24.3 Å². The van der Waals surface area contributed by atoms with Gasteiger partial charge in [-0.3, -0.25) is 9.59 Å². The molecule has 1 fully saturated rings. The lowest BCUT2D eigenvalue weighted by Gasteiger charge is -2.18. The molecule has 0 aliphatic heterocycles. The number of benzene rings is 1. The fourth-order valence-electron chi connectivity index (χ4n) is 1.94. The molecule has 4 heteroatoms. The molecule has 0 atom stereocenters. The standard InChI is InChI=1S/C15H19NO3/c1-14(2,3)12(17)16-11-6-4-10(5-7-11)15(8-9-15)13(18)19/h4-7H,8-9H2,1-3H3,(H,16,17)(H,18,19). The Morgan fingerprint density at radius 3 is 2.05 bits per heavy atom. The van der Waals surface area contributed by atoms with E-state index in [9.17, 15) is 14.7 Å². The molecule has 0 aromatic heterocycles. The van der Waals surface area contributed by atoms with Gasteiger partial charge in [-0.25, -0.2) is 0 Å². The van der Waals surface area contributed by atoms with Crippen molar-refractivity contribution in [2.75, 3.05) is 5.32 Å². The van der Waals surface area contributed by atoms with Crippen LogP contribution in [-0.2, 0) is 15.0 Å². The van der Waals surface area contributed by atoms with E-state index in [1.165, 1.54) is 0 Å². The van der Waals surface area contributed by atoms with Crippen molar-refractivity contribution in [3.05, 3.63) is 29.8 Å². The molecule has 0 bridgehead atoms. The number of hydrogen-bond donors (Lipinski definition) is 2. The highest BCUT2D eigenvalue weighted by Gasteiger charge is 2.51. The highest BCUT2D eigenvalue weighted by molar-refractivity contribution is 5.94. The van der Waals surface area contributed by atoms with E-state index in [4.69, 9.17) is 0 Å². The SMILES string of the molecule is CC(C)(C)C(=O)Nc1ccc(C2(C(=O)O)CC2)cc1. The summed E-state index contributed by atoms with van der Waals surface area (Å²) in [4.78, 5) is 23.0. The van der Waals surface area contributed by atoms with Crippen molar-refractivity contribution in [1.29, 1.82) is 0 Å². The first kappa shape index (κ1) is 13.6.